The fourth-order valence-electron chi connectivity index (χ4n) is 0.577. The molecule has 0 spiro atoms. The van der Waals surface area contributed by atoms with E-state index >= 15 is 0 Å². The average molecular weight is 166 g/mol. The van der Waals surface area contributed by atoms with Gasteiger partial charge in [0.15, 0.2) is 6.29 Å². The van der Waals surface area contributed by atoms with Crippen molar-refractivity contribution in [2.24, 2.45) is 0 Å². The van der Waals surface area contributed by atoms with Crippen LogP contribution in [0.2, 0.25) is 5.02 Å². The van der Waals surface area contributed by atoms with Crippen molar-refractivity contribution in [1.82, 2.24) is 4.98 Å². The number of carbonyl (C=O) groups is 1. The summed E-state index contributed by atoms with van der Waals surface area (Å²) in [4.78, 5) is 13.6. The van der Waals surface area contributed by atoms with Crippen molar-refractivity contribution >= 4 is 17.9 Å². The van der Waals surface area contributed by atoms with Crippen LogP contribution in [0.25, 0.3) is 0 Å². The first-order valence-corrected chi connectivity index (χ1v) is 3.27. The number of aromatic nitrogens is 1. The van der Waals surface area contributed by atoms with Gasteiger partial charge in [-0.3, -0.25) is 9.78 Å². The maximum Gasteiger partial charge on any atom is 0.193 e. The Morgan fingerprint density at radius 1 is 1.64 bits per heavy atom. The molecular weight excluding hydrogens is 162 g/mol. The van der Waals surface area contributed by atoms with Crippen LogP contribution in [0.15, 0.2) is 18.5 Å². The maximum atomic E-state index is 9.85. The molecule has 0 N–H and O–H groups in total. The van der Waals surface area contributed by atoms with E-state index in [1.54, 1.807) is 12.3 Å². The van der Waals surface area contributed by atoms with Crippen LogP contribution < -0.4 is 0 Å². The number of hydrogen-bond donors (Lipinski definition) is 0. The number of rotatable bonds is 0. The van der Waals surface area contributed by atoms with E-state index in [1.165, 1.54) is 6.20 Å². The summed E-state index contributed by atoms with van der Waals surface area (Å²) in [5.74, 6) is 4.80. The number of nitrogens with zero attached hydrogens (tertiary/aromatic N) is 1. The van der Waals surface area contributed by atoms with Crippen molar-refractivity contribution in [3.8, 4) is 11.8 Å². The number of pyridine rings is 1. The van der Waals surface area contributed by atoms with Crippen LogP contribution in [0, 0.1) is 11.8 Å². The number of hydrogen-bond acceptors (Lipinski definition) is 2. The van der Waals surface area contributed by atoms with Gasteiger partial charge in [-0.05, 0) is 12.0 Å². The molecular formula is C8H4ClNO. The monoisotopic (exact) mass is 165 g/mol. The van der Waals surface area contributed by atoms with Crippen LogP contribution in [0.3, 0.4) is 0 Å². The topological polar surface area (TPSA) is 30.0 Å². The first kappa shape index (κ1) is 7.77. The van der Waals surface area contributed by atoms with Gasteiger partial charge in [-0.15, -0.1) is 0 Å². The Morgan fingerprint density at radius 3 is 3.09 bits per heavy atom. The summed E-state index contributed by atoms with van der Waals surface area (Å²) in [6.45, 7) is 0. The van der Waals surface area contributed by atoms with Gasteiger partial charge in [-0.1, -0.05) is 17.5 Å². The second-order valence-corrected chi connectivity index (χ2v) is 2.15. The number of aldehydes is 1. The Morgan fingerprint density at radius 2 is 2.45 bits per heavy atom. The fraction of sp³-hybridized carbons (Fsp3) is 0. The molecule has 2 nitrogen and oxygen atoms in total. The molecule has 11 heavy (non-hydrogen) atoms. The minimum absolute atomic E-state index is 0.509. The molecule has 0 fully saturated rings. The zero-order chi connectivity index (χ0) is 8.10. The highest BCUT2D eigenvalue weighted by atomic mass is 35.5. The van der Waals surface area contributed by atoms with Crippen LogP contribution in [0.5, 0.6) is 0 Å². The van der Waals surface area contributed by atoms with Gasteiger partial charge in [0.25, 0.3) is 0 Å². The molecule has 0 unspecified atom stereocenters. The van der Waals surface area contributed by atoms with Crippen molar-refractivity contribution < 1.29 is 4.79 Å². The number of halogens is 1. The minimum atomic E-state index is 0.509. The van der Waals surface area contributed by atoms with Gasteiger partial charge in [0.2, 0.25) is 0 Å². The highest BCUT2D eigenvalue weighted by molar-refractivity contribution is 6.31. The lowest BCUT2D eigenvalue weighted by Gasteiger charge is -1.90. The molecule has 0 saturated carbocycles. The third kappa shape index (κ3) is 2.06. The van der Waals surface area contributed by atoms with E-state index in [4.69, 9.17) is 11.6 Å². The molecule has 0 aliphatic rings. The molecule has 54 valence electrons. The molecule has 1 aromatic heterocycles. The largest absolute Gasteiger partial charge is 0.289 e. The van der Waals surface area contributed by atoms with E-state index < -0.39 is 0 Å². The van der Waals surface area contributed by atoms with Crippen molar-refractivity contribution in [1.29, 1.82) is 0 Å². The zero-order valence-corrected chi connectivity index (χ0v) is 6.30. The van der Waals surface area contributed by atoms with Gasteiger partial charge in [-0.2, -0.15) is 0 Å². The summed E-state index contributed by atoms with van der Waals surface area (Å²) in [5, 5.41) is 0.509. The second kappa shape index (κ2) is 3.75. The van der Waals surface area contributed by atoms with Crippen molar-refractivity contribution in [3.63, 3.8) is 0 Å². The Labute approximate surface area is 69.2 Å². The van der Waals surface area contributed by atoms with Gasteiger partial charge in [0, 0.05) is 12.4 Å². The lowest BCUT2D eigenvalue weighted by atomic mass is 10.3. The smallest absolute Gasteiger partial charge is 0.193 e. The normalized spacial score (nSPS) is 8.09. The highest BCUT2D eigenvalue weighted by Crippen LogP contribution is 2.10. The van der Waals surface area contributed by atoms with Crippen LogP contribution in [-0.2, 0) is 4.79 Å². The van der Waals surface area contributed by atoms with Gasteiger partial charge < -0.3 is 0 Å². The first-order chi connectivity index (χ1) is 5.34. The lowest BCUT2D eigenvalue weighted by molar-refractivity contribution is -0.103. The van der Waals surface area contributed by atoms with Crippen LogP contribution in [0.1, 0.15) is 5.56 Å². The summed E-state index contributed by atoms with van der Waals surface area (Å²) in [5.41, 5.74) is 0.571. The van der Waals surface area contributed by atoms with Crippen molar-refractivity contribution in [2.75, 3.05) is 0 Å². The van der Waals surface area contributed by atoms with Crippen molar-refractivity contribution in [3.05, 3.63) is 29.0 Å². The van der Waals surface area contributed by atoms with Gasteiger partial charge in [0.05, 0.1) is 10.6 Å². The SMILES string of the molecule is O=CC#Cc1cnccc1Cl. The van der Waals surface area contributed by atoms with E-state index in [0.29, 0.717) is 16.9 Å². The quantitative estimate of drug-likeness (QED) is 0.428. The predicted molar refractivity (Wildman–Crippen MR) is 42.2 cm³/mol. The maximum absolute atomic E-state index is 9.85. The lowest BCUT2D eigenvalue weighted by Crippen LogP contribution is -1.78. The molecule has 1 heterocycles. The van der Waals surface area contributed by atoms with Crippen LogP contribution in [-0.4, -0.2) is 11.3 Å². The Balaban J connectivity index is 3.03. The summed E-state index contributed by atoms with van der Waals surface area (Å²) < 4.78 is 0. The highest BCUT2D eigenvalue weighted by Gasteiger charge is 1.92. The molecule has 0 saturated heterocycles. The summed E-state index contributed by atoms with van der Waals surface area (Å²) in [7, 11) is 0. The first-order valence-electron chi connectivity index (χ1n) is 2.89. The van der Waals surface area contributed by atoms with Crippen LogP contribution in [0.4, 0.5) is 0 Å². The van der Waals surface area contributed by atoms with E-state index in [2.05, 4.69) is 16.8 Å². The third-order valence-corrected chi connectivity index (χ3v) is 1.36. The van der Waals surface area contributed by atoms with Crippen molar-refractivity contribution in [2.45, 2.75) is 0 Å². The van der Waals surface area contributed by atoms with E-state index in [0.717, 1.165) is 0 Å². The van der Waals surface area contributed by atoms with Gasteiger partial charge in [0.1, 0.15) is 0 Å². The summed E-state index contributed by atoms with van der Waals surface area (Å²) in [6.07, 6.45) is 3.59. The molecule has 0 radical (unpaired) electrons. The van der Waals surface area contributed by atoms with Gasteiger partial charge in [-0.25, -0.2) is 0 Å². The molecule has 3 heteroatoms. The molecule has 0 amide bonds. The van der Waals surface area contributed by atoms with Crippen LogP contribution >= 0.6 is 11.6 Å². The third-order valence-electron chi connectivity index (χ3n) is 1.03. The molecule has 1 aromatic rings. The van der Waals surface area contributed by atoms with E-state index in [-0.39, 0.29) is 0 Å². The zero-order valence-electron chi connectivity index (χ0n) is 5.54. The average Bonchev–Trinajstić information content (AvgIpc) is 2.03. The number of carbonyl (C=O) groups excluding carboxylic acids is 1. The second-order valence-electron chi connectivity index (χ2n) is 1.74. The Hall–Kier alpha value is -1.33. The summed E-state index contributed by atoms with van der Waals surface area (Å²) in [6, 6.07) is 1.62. The van der Waals surface area contributed by atoms with E-state index in [9.17, 15) is 4.79 Å². The molecule has 1 rings (SSSR count). The molecule has 0 aliphatic heterocycles. The molecule has 0 aliphatic carbocycles. The standard InChI is InChI=1S/C8H4ClNO/c9-8-3-4-10-6-7(8)2-1-5-11/h3-6H. The minimum Gasteiger partial charge on any atom is -0.289 e. The molecule has 0 aromatic carbocycles. The Bertz CT molecular complexity index is 324. The summed E-state index contributed by atoms with van der Waals surface area (Å²) >= 11 is 5.70. The fourth-order valence-corrected chi connectivity index (χ4v) is 0.729. The Kier molecular flexibility index (Phi) is 2.65. The van der Waals surface area contributed by atoms with E-state index in [1.807, 2.05) is 0 Å². The molecule has 0 atom stereocenters. The predicted octanol–water partition coefficient (Wildman–Crippen LogP) is 1.29. The van der Waals surface area contributed by atoms with Gasteiger partial charge >= 0.3 is 0 Å². The molecule has 0 bridgehead atoms.